The molecule has 0 bridgehead atoms. The highest BCUT2D eigenvalue weighted by molar-refractivity contribution is 6.19. The summed E-state index contributed by atoms with van der Waals surface area (Å²) in [6.45, 7) is 2.16. The molecule has 1 N–H and O–H groups in total. The summed E-state index contributed by atoms with van der Waals surface area (Å²) in [5.41, 5.74) is 5.13. The SMILES string of the molecule is CC1=CC=CC1c1ccc2ccccc2c1C(=N)c1ccccc1. The molecule has 0 saturated heterocycles. The van der Waals surface area contributed by atoms with Gasteiger partial charge in [0, 0.05) is 17.0 Å². The van der Waals surface area contributed by atoms with E-state index in [1.54, 1.807) is 0 Å². The number of nitrogens with one attached hydrogen (secondary N) is 1. The minimum Gasteiger partial charge on any atom is -0.300 e. The standard InChI is InChI=1S/C23H19N/c1-16-8-7-13-19(16)21-15-14-17-9-5-6-12-20(17)22(21)23(24)18-10-3-2-4-11-18/h2-15,19,24H,1H3. The maximum atomic E-state index is 8.88. The fraction of sp³-hybridized carbons (Fsp3) is 0.0870. The van der Waals surface area contributed by atoms with Crippen LogP contribution in [0.2, 0.25) is 0 Å². The highest BCUT2D eigenvalue weighted by Crippen LogP contribution is 2.36. The summed E-state index contributed by atoms with van der Waals surface area (Å²) in [5.74, 6) is 0.258. The van der Waals surface area contributed by atoms with Crippen molar-refractivity contribution in [3.05, 3.63) is 107 Å². The van der Waals surface area contributed by atoms with E-state index in [1.807, 2.05) is 30.3 Å². The predicted molar refractivity (Wildman–Crippen MR) is 102 cm³/mol. The Morgan fingerprint density at radius 3 is 2.38 bits per heavy atom. The summed E-state index contributed by atoms with van der Waals surface area (Å²) < 4.78 is 0. The van der Waals surface area contributed by atoms with Crippen LogP contribution in [-0.4, -0.2) is 5.71 Å². The second-order valence-electron chi connectivity index (χ2n) is 6.27. The number of hydrogen-bond acceptors (Lipinski definition) is 1. The minimum absolute atomic E-state index is 0.258. The number of hydrogen-bond donors (Lipinski definition) is 1. The fourth-order valence-electron chi connectivity index (χ4n) is 3.50. The zero-order valence-corrected chi connectivity index (χ0v) is 13.7. The molecule has 0 heterocycles. The van der Waals surface area contributed by atoms with E-state index in [2.05, 4.69) is 61.5 Å². The van der Waals surface area contributed by atoms with Crippen LogP contribution in [0.4, 0.5) is 0 Å². The summed E-state index contributed by atoms with van der Waals surface area (Å²) >= 11 is 0. The van der Waals surface area contributed by atoms with E-state index in [9.17, 15) is 0 Å². The molecule has 0 saturated carbocycles. The lowest BCUT2D eigenvalue weighted by atomic mass is 9.84. The van der Waals surface area contributed by atoms with Crippen molar-refractivity contribution in [2.24, 2.45) is 0 Å². The third-order valence-corrected chi connectivity index (χ3v) is 4.76. The predicted octanol–water partition coefficient (Wildman–Crippen LogP) is 5.86. The van der Waals surface area contributed by atoms with Crippen LogP contribution < -0.4 is 0 Å². The Labute approximate surface area is 142 Å². The third kappa shape index (κ3) is 2.39. The van der Waals surface area contributed by atoms with Crippen molar-refractivity contribution in [1.29, 1.82) is 5.41 Å². The highest BCUT2D eigenvalue weighted by atomic mass is 14.4. The van der Waals surface area contributed by atoms with Crippen LogP contribution in [-0.2, 0) is 0 Å². The van der Waals surface area contributed by atoms with Gasteiger partial charge in [-0.25, -0.2) is 0 Å². The van der Waals surface area contributed by atoms with Crippen LogP contribution in [0.1, 0.15) is 29.5 Å². The van der Waals surface area contributed by atoms with Gasteiger partial charge in [-0.05, 0) is 23.3 Å². The summed E-state index contributed by atoms with van der Waals surface area (Å²) in [6.07, 6.45) is 6.50. The molecule has 0 radical (unpaired) electrons. The van der Waals surface area contributed by atoms with Gasteiger partial charge in [-0.2, -0.15) is 0 Å². The zero-order valence-electron chi connectivity index (χ0n) is 13.7. The second-order valence-corrected chi connectivity index (χ2v) is 6.27. The average Bonchev–Trinajstić information content (AvgIpc) is 3.06. The Morgan fingerprint density at radius 1 is 0.875 bits per heavy atom. The molecule has 1 aliphatic carbocycles. The number of fused-ring (bicyclic) bond motifs is 1. The molecule has 116 valence electrons. The molecule has 0 fully saturated rings. The zero-order chi connectivity index (χ0) is 16.5. The van der Waals surface area contributed by atoms with Gasteiger partial charge < -0.3 is 0 Å². The number of allylic oxidation sites excluding steroid dienone is 4. The van der Waals surface area contributed by atoms with Gasteiger partial charge in [-0.15, -0.1) is 0 Å². The molecular formula is C23H19N. The first kappa shape index (κ1) is 14.6. The van der Waals surface area contributed by atoms with Crippen molar-refractivity contribution in [3.8, 4) is 0 Å². The third-order valence-electron chi connectivity index (χ3n) is 4.76. The van der Waals surface area contributed by atoms with Crippen LogP contribution in [0.5, 0.6) is 0 Å². The lowest BCUT2D eigenvalue weighted by Crippen LogP contribution is -2.09. The van der Waals surface area contributed by atoms with Crippen molar-refractivity contribution in [2.75, 3.05) is 0 Å². The van der Waals surface area contributed by atoms with Crippen molar-refractivity contribution in [2.45, 2.75) is 12.8 Å². The van der Waals surface area contributed by atoms with E-state index in [1.165, 1.54) is 16.5 Å². The fourth-order valence-corrected chi connectivity index (χ4v) is 3.50. The van der Waals surface area contributed by atoms with Gasteiger partial charge in [0.15, 0.2) is 0 Å². The lowest BCUT2D eigenvalue weighted by molar-refractivity contribution is 1.01. The minimum atomic E-state index is 0.258. The monoisotopic (exact) mass is 309 g/mol. The van der Waals surface area contributed by atoms with Gasteiger partial charge in [-0.3, -0.25) is 5.41 Å². The van der Waals surface area contributed by atoms with Gasteiger partial charge in [-0.1, -0.05) is 90.5 Å². The van der Waals surface area contributed by atoms with Crippen molar-refractivity contribution in [3.63, 3.8) is 0 Å². The van der Waals surface area contributed by atoms with Gasteiger partial charge in [0.2, 0.25) is 0 Å². The van der Waals surface area contributed by atoms with Gasteiger partial charge in [0.1, 0.15) is 0 Å². The Bertz CT molecular complexity index is 977. The first-order valence-corrected chi connectivity index (χ1v) is 8.26. The summed E-state index contributed by atoms with van der Waals surface area (Å²) in [6, 6.07) is 22.7. The second kappa shape index (κ2) is 5.93. The largest absolute Gasteiger partial charge is 0.300 e. The summed E-state index contributed by atoms with van der Waals surface area (Å²) in [7, 11) is 0. The number of rotatable bonds is 3. The average molecular weight is 309 g/mol. The molecule has 0 aromatic heterocycles. The molecule has 1 aliphatic rings. The lowest BCUT2D eigenvalue weighted by Gasteiger charge is -2.19. The topological polar surface area (TPSA) is 23.9 Å². The molecule has 3 aromatic rings. The number of benzene rings is 3. The normalized spacial score (nSPS) is 16.4. The maximum absolute atomic E-state index is 8.88. The van der Waals surface area contributed by atoms with E-state index in [4.69, 9.17) is 5.41 Å². The van der Waals surface area contributed by atoms with Crippen LogP contribution in [0, 0.1) is 5.41 Å². The van der Waals surface area contributed by atoms with Gasteiger partial charge in [0.25, 0.3) is 0 Å². The van der Waals surface area contributed by atoms with Crippen molar-refractivity contribution >= 4 is 16.5 Å². The molecule has 1 heteroatoms. The van der Waals surface area contributed by atoms with Crippen LogP contribution in [0.25, 0.3) is 10.8 Å². The van der Waals surface area contributed by atoms with Crippen molar-refractivity contribution < 1.29 is 0 Å². The highest BCUT2D eigenvalue weighted by Gasteiger charge is 2.21. The Kier molecular flexibility index (Phi) is 3.62. The molecule has 1 unspecified atom stereocenters. The first-order chi connectivity index (χ1) is 11.8. The molecule has 0 spiro atoms. The molecular weight excluding hydrogens is 290 g/mol. The Balaban J connectivity index is 1.98. The molecule has 0 amide bonds. The Hall–Kier alpha value is -2.93. The summed E-state index contributed by atoms with van der Waals surface area (Å²) in [5, 5.41) is 11.2. The van der Waals surface area contributed by atoms with Crippen LogP contribution in [0.15, 0.2) is 90.5 Å². The molecule has 4 rings (SSSR count). The molecule has 3 aromatic carbocycles. The molecule has 1 atom stereocenters. The summed E-state index contributed by atoms with van der Waals surface area (Å²) in [4.78, 5) is 0. The van der Waals surface area contributed by atoms with E-state index in [-0.39, 0.29) is 5.92 Å². The molecule has 1 nitrogen and oxygen atoms in total. The smallest absolute Gasteiger partial charge is 0.0693 e. The van der Waals surface area contributed by atoms with E-state index in [0.717, 1.165) is 16.5 Å². The molecule has 0 aliphatic heterocycles. The van der Waals surface area contributed by atoms with Crippen molar-refractivity contribution in [1.82, 2.24) is 0 Å². The van der Waals surface area contributed by atoms with Gasteiger partial charge in [0.05, 0.1) is 5.71 Å². The van der Waals surface area contributed by atoms with Crippen LogP contribution >= 0.6 is 0 Å². The van der Waals surface area contributed by atoms with Gasteiger partial charge >= 0.3 is 0 Å². The molecule has 24 heavy (non-hydrogen) atoms. The van der Waals surface area contributed by atoms with E-state index in [0.29, 0.717) is 5.71 Å². The quantitative estimate of drug-likeness (QED) is 0.586. The van der Waals surface area contributed by atoms with E-state index >= 15 is 0 Å². The van der Waals surface area contributed by atoms with E-state index < -0.39 is 0 Å². The Morgan fingerprint density at radius 2 is 1.62 bits per heavy atom. The van der Waals surface area contributed by atoms with Crippen LogP contribution in [0.3, 0.4) is 0 Å². The first-order valence-electron chi connectivity index (χ1n) is 8.26. The maximum Gasteiger partial charge on any atom is 0.0693 e.